The number of nitrogens with one attached hydrogen (secondary N) is 2. The van der Waals surface area contributed by atoms with Crippen molar-refractivity contribution in [3.8, 4) is 0 Å². The van der Waals surface area contributed by atoms with Crippen LogP contribution in [0.15, 0.2) is 23.9 Å². The zero-order valence-electron chi connectivity index (χ0n) is 7.29. The molecule has 0 aromatic rings. The molecule has 0 aromatic heterocycles. The van der Waals surface area contributed by atoms with Gasteiger partial charge in [0.15, 0.2) is 0 Å². The van der Waals surface area contributed by atoms with Gasteiger partial charge in [0.2, 0.25) is 5.91 Å². The summed E-state index contributed by atoms with van der Waals surface area (Å²) in [7, 11) is 0. The summed E-state index contributed by atoms with van der Waals surface area (Å²) in [5, 5.41) is 0. The summed E-state index contributed by atoms with van der Waals surface area (Å²) in [6.45, 7) is 0.779. The Bertz CT molecular complexity index is 283. The first-order valence-corrected chi connectivity index (χ1v) is 4.44. The van der Waals surface area contributed by atoms with Gasteiger partial charge in [0, 0.05) is 18.2 Å². The summed E-state index contributed by atoms with van der Waals surface area (Å²) in [4.78, 5) is 11.2. The molecular formula is C9H13N3O. The molecule has 4 nitrogen and oxygen atoms in total. The van der Waals surface area contributed by atoms with Crippen LogP contribution in [0.3, 0.4) is 0 Å². The molecule has 0 bridgehead atoms. The number of carbonyl (C=O) groups excluding carboxylic acids is 1. The molecule has 2 atom stereocenters. The Balaban J connectivity index is 2.25. The van der Waals surface area contributed by atoms with E-state index in [0.717, 1.165) is 18.7 Å². The third-order valence-electron chi connectivity index (χ3n) is 2.61. The van der Waals surface area contributed by atoms with Crippen molar-refractivity contribution < 1.29 is 4.79 Å². The highest BCUT2D eigenvalue weighted by atomic mass is 16.1. The minimum atomic E-state index is -0.215. The Kier molecular flexibility index (Phi) is 2.06. The van der Waals surface area contributed by atoms with E-state index in [9.17, 15) is 4.79 Å². The monoisotopic (exact) mass is 179 g/mol. The molecule has 2 unspecified atom stereocenters. The van der Waals surface area contributed by atoms with Gasteiger partial charge in [-0.25, -0.2) is 5.43 Å². The van der Waals surface area contributed by atoms with E-state index in [2.05, 4.69) is 10.9 Å². The van der Waals surface area contributed by atoms with Crippen LogP contribution in [-0.2, 0) is 4.79 Å². The number of fused-ring (bicyclic) bond motifs is 1. The average Bonchev–Trinajstić information content (AvgIpc) is 2.44. The normalized spacial score (nSPS) is 31.5. The van der Waals surface area contributed by atoms with Crippen LogP contribution < -0.4 is 16.6 Å². The Morgan fingerprint density at radius 2 is 2.46 bits per heavy atom. The summed E-state index contributed by atoms with van der Waals surface area (Å²) < 4.78 is 0. The molecule has 1 aliphatic carbocycles. The molecule has 2 aliphatic rings. The van der Waals surface area contributed by atoms with E-state index in [4.69, 9.17) is 5.73 Å². The molecule has 4 N–H and O–H groups in total. The molecule has 70 valence electrons. The number of hydrogen-bond donors (Lipinski definition) is 3. The zero-order chi connectivity index (χ0) is 9.26. The van der Waals surface area contributed by atoms with Crippen LogP contribution in [0.5, 0.6) is 0 Å². The van der Waals surface area contributed by atoms with E-state index in [0.29, 0.717) is 0 Å². The largest absolute Gasteiger partial charge is 0.369 e. The minimum absolute atomic E-state index is 0.0764. The summed E-state index contributed by atoms with van der Waals surface area (Å²) in [5.74, 6) is -0.0760. The van der Waals surface area contributed by atoms with Gasteiger partial charge in [-0.2, -0.15) is 0 Å². The van der Waals surface area contributed by atoms with Gasteiger partial charge >= 0.3 is 0 Å². The fourth-order valence-electron chi connectivity index (χ4n) is 1.87. The van der Waals surface area contributed by atoms with Gasteiger partial charge in [0.05, 0.1) is 5.92 Å². The number of rotatable bonds is 1. The quantitative estimate of drug-likeness (QED) is 0.515. The van der Waals surface area contributed by atoms with Crippen molar-refractivity contribution in [2.75, 3.05) is 6.54 Å². The van der Waals surface area contributed by atoms with Crippen LogP contribution in [0.25, 0.3) is 0 Å². The number of nitrogens with two attached hydrogens (primary N) is 1. The van der Waals surface area contributed by atoms with Gasteiger partial charge in [-0.15, -0.1) is 0 Å². The van der Waals surface area contributed by atoms with E-state index >= 15 is 0 Å². The number of hydrazine groups is 1. The van der Waals surface area contributed by atoms with Gasteiger partial charge in [0.25, 0.3) is 0 Å². The Morgan fingerprint density at radius 1 is 1.62 bits per heavy atom. The van der Waals surface area contributed by atoms with Crippen LogP contribution >= 0.6 is 0 Å². The maximum absolute atomic E-state index is 11.2. The molecule has 1 saturated heterocycles. The highest BCUT2D eigenvalue weighted by Gasteiger charge is 2.32. The lowest BCUT2D eigenvalue weighted by atomic mass is 9.88. The zero-order valence-corrected chi connectivity index (χ0v) is 7.29. The number of primary amides is 1. The molecule has 0 aromatic carbocycles. The van der Waals surface area contributed by atoms with Crippen LogP contribution in [0, 0.1) is 11.8 Å². The smallest absolute Gasteiger partial charge is 0.221 e. The molecule has 1 aliphatic heterocycles. The topological polar surface area (TPSA) is 67.2 Å². The maximum atomic E-state index is 11.2. The molecule has 1 fully saturated rings. The Labute approximate surface area is 76.8 Å². The van der Waals surface area contributed by atoms with Crippen molar-refractivity contribution in [1.29, 1.82) is 0 Å². The van der Waals surface area contributed by atoms with Crippen LogP contribution in [0.1, 0.15) is 6.42 Å². The third kappa shape index (κ3) is 1.45. The Morgan fingerprint density at radius 3 is 3.23 bits per heavy atom. The van der Waals surface area contributed by atoms with Crippen molar-refractivity contribution >= 4 is 5.91 Å². The first-order valence-electron chi connectivity index (χ1n) is 4.44. The average molecular weight is 179 g/mol. The molecular weight excluding hydrogens is 166 g/mol. The first kappa shape index (κ1) is 8.31. The van der Waals surface area contributed by atoms with Crippen molar-refractivity contribution in [3.05, 3.63) is 23.9 Å². The van der Waals surface area contributed by atoms with Crippen molar-refractivity contribution in [3.63, 3.8) is 0 Å². The highest BCUT2D eigenvalue weighted by molar-refractivity contribution is 5.77. The lowest BCUT2D eigenvalue weighted by molar-refractivity contribution is -0.122. The predicted octanol–water partition coefficient (Wildman–Crippen LogP) is -0.344. The molecule has 1 amide bonds. The minimum Gasteiger partial charge on any atom is -0.369 e. The SMILES string of the molecule is NC(=O)C1CC=CC=C2NNCC21. The molecule has 0 spiro atoms. The van der Waals surface area contributed by atoms with E-state index < -0.39 is 0 Å². The number of hydrogen-bond acceptors (Lipinski definition) is 3. The van der Waals surface area contributed by atoms with E-state index in [1.807, 2.05) is 18.2 Å². The van der Waals surface area contributed by atoms with Gasteiger partial charge in [-0.3, -0.25) is 4.79 Å². The number of carbonyl (C=O) groups is 1. The lowest BCUT2D eigenvalue weighted by Gasteiger charge is -2.16. The molecule has 0 radical (unpaired) electrons. The van der Waals surface area contributed by atoms with E-state index in [1.165, 1.54) is 0 Å². The second-order valence-electron chi connectivity index (χ2n) is 3.41. The van der Waals surface area contributed by atoms with Gasteiger partial charge in [-0.05, 0) is 12.5 Å². The Hall–Kier alpha value is -1.29. The van der Waals surface area contributed by atoms with Crippen LogP contribution in [0.2, 0.25) is 0 Å². The fraction of sp³-hybridized carbons (Fsp3) is 0.444. The summed E-state index contributed by atoms with van der Waals surface area (Å²) in [6.07, 6.45) is 6.69. The second kappa shape index (κ2) is 3.22. The number of allylic oxidation sites excluding steroid dienone is 3. The molecule has 0 saturated carbocycles. The van der Waals surface area contributed by atoms with Crippen molar-refractivity contribution in [2.24, 2.45) is 17.6 Å². The van der Waals surface area contributed by atoms with Gasteiger partial charge in [-0.1, -0.05) is 12.2 Å². The van der Waals surface area contributed by atoms with Crippen molar-refractivity contribution in [1.82, 2.24) is 10.9 Å². The highest BCUT2D eigenvalue weighted by Crippen LogP contribution is 2.26. The first-order chi connectivity index (χ1) is 6.29. The van der Waals surface area contributed by atoms with Gasteiger partial charge < -0.3 is 11.2 Å². The molecule has 2 rings (SSSR count). The standard InChI is InChI=1S/C9H13N3O/c10-9(13)6-3-1-2-4-8-7(6)5-11-12-8/h1-2,4,6-7,11-12H,3,5H2,(H2,10,13). The predicted molar refractivity (Wildman–Crippen MR) is 49.2 cm³/mol. The van der Waals surface area contributed by atoms with E-state index in [1.54, 1.807) is 0 Å². The number of amides is 1. The summed E-state index contributed by atoms with van der Waals surface area (Å²) in [5.41, 5.74) is 12.5. The van der Waals surface area contributed by atoms with Crippen LogP contribution in [0.4, 0.5) is 0 Å². The molecule has 13 heavy (non-hydrogen) atoms. The molecule has 4 heteroatoms. The maximum Gasteiger partial charge on any atom is 0.221 e. The van der Waals surface area contributed by atoms with Crippen molar-refractivity contribution in [2.45, 2.75) is 6.42 Å². The molecule has 1 heterocycles. The lowest BCUT2D eigenvalue weighted by Crippen LogP contribution is -2.31. The van der Waals surface area contributed by atoms with Crippen LogP contribution in [-0.4, -0.2) is 12.5 Å². The third-order valence-corrected chi connectivity index (χ3v) is 2.61. The van der Waals surface area contributed by atoms with E-state index in [-0.39, 0.29) is 17.7 Å². The summed E-state index contributed by atoms with van der Waals surface area (Å²) >= 11 is 0. The van der Waals surface area contributed by atoms with Gasteiger partial charge in [0.1, 0.15) is 0 Å². The second-order valence-corrected chi connectivity index (χ2v) is 3.41. The summed E-state index contributed by atoms with van der Waals surface area (Å²) in [6, 6.07) is 0. The fourth-order valence-corrected chi connectivity index (χ4v) is 1.87.